The van der Waals surface area contributed by atoms with Crippen LogP contribution in [-0.4, -0.2) is 34.1 Å². The van der Waals surface area contributed by atoms with E-state index in [9.17, 15) is 17.6 Å². The van der Waals surface area contributed by atoms with E-state index in [4.69, 9.17) is 5.73 Å². The third-order valence-electron chi connectivity index (χ3n) is 5.61. The van der Waals surface area contributed by atoms with Crippen LogP contribution in [0.2, 0.25) is 0 Å². The summed E-state index contributed by atoms with van der Waals surface area (Å²) in [5, 5.41) is 0.969. The van der Waals surface area contributed by atoms with Crippen molar-refractivity contribution in [3.8, 4) is 0 Å². The fraction of sp³-hybridized carbons (Fsp3) is 0.318. The molecule has 0 radical (unpaired) electrons. The molecule has 164 valence electrons. The number of imidazole rings is 1. The summed E-state index contributed by atoms with van der Waals surface area (Å²) in [5.74, 6) is -0.333. The summed E-state index contributed by atoms with van der Waals surface area (Å²) >= 11 is 0. The minimum atomic E-state index is -3.08. The molecule has 2 aromatic carbocycles. The van der Waals surface area contributed by atoms with Crippen LogP contribution in [0.15, 0.2) is 47.3 Å². The number of hydrogen-bond donors (Lipinski definition) is 1. The lowest BCUT2D eigenvalue weighted by atomic mass is 10.1. The Morgan fingerprint density at radius 2 is 1.74 bits per heavy atom. The molecule has 0 aliphatic carbocycles. The molecule has 31 heavy (non-hydrogen) atoms. The number of halogens is 1. The van der Waals surface area contributed by atoms with E-state index in [0.29, 0.717) is 30.5 Å². The van der Waals surface area contributed by atoms with Crippen molar-refractivity contribution in [3.63, 3.8) is 0 Å². The predicted molar refractivity (Wildman–Crippen MR) is 120 cm³/mol. The van der Waals surface area contributed by atoms with Gasteiger partial charge in [0.1, 0.15) is 15.7 Å². The SMILES string of the molecule is Cn1c(=O)n(Cc2cc3cc(CN)ccc3n2CCCS(C)(=O)=O)c2cc(F)ccc21. The van der Waals surface area contributed by atoms with Gasteiger partial charge < -0.3 is 10.3 Å². The van der Waals surface area contributed by atoms with Crippen molar-refractivity contribution in [2.75, 3.05) is 12.0 Å². The van der Waals surface area contributed by atoms with Crippen molar-refractivity contribution in [2.45, 2.75) is 26.1 Å². The number of sulfone groups is 1. The molecule has 2 heterocycles. The van der Waals surface area contributed by atoms with Crippen LogP contribution in [-0.2, 0) is 36.5 Å². The molecule has 0 amide bonds. The van der Waals surface area contributed by atoms with E-state index in [0.717, 1.165) is 22.2 Å². The smallest absolute Gasteiger partial charge is 0.329 e. The van der Waals surface area contributed by atoms with Crippen molar-refractivity contribution in [2.24, 2.45) is 12.8 Å². The lowest BCUT2D eigenvalue weighted by molar-refractivity contribution is 0.588. The predicted octanol–water partition coefficient (Wildman–Crippen LogP) is 2.38. The van der Waals surface area contributed by atoms with Crippen LogP contribution in [0.5, 0.6) is 0 Å². The van der Waals surface area contributed by atoms with Crippen molar-refractivity contribution < 1.29 is 12.8 Å². The van der Waals surface area contributed by atoms with Gasteiger partial charge in [0.05, 0.1) is 23.3 Å². The highest BCUT2D eigenvalue weighted by Crippen LogP contribution is 2.24. The standard InChI is InChI=1S/C22H25FN4O3S/c1-25-20-7-5-17(23)12-21(20)27(22(25)28)14-18-11-16-10-15(13-24)4-6-19(16)26(18)8-3-9-31(2,29)30/h4-7,10-12H,3,8-9,13-14,24H2,1-2H3. The lowest BCUT2D eigenvalue weighted by Crippen LogP contribution is -2.24. The summed E-state index contributed by atoms with van der Waals surface area (Å²) in [5.41, 5.74) is 9.48. The molecular formula is C22H25FN4O3S. The zero-order chi connectivity index (χ0) is 22.3. The van der Waals surface area contributed by atoms with Gasteiger partial charge >= 0.3 is 5.69 Å². The zero-order valence-corrected chi connectivity index (χ0v) is 18.3. The summed E-state index contributed by atoms with van der Waals surface area (Å²) in [6.07, 6.45) is 1.67. The zero-order valence-electron chi connectivity index (χ0n) is 17.5. The normalized spacial score (nSPS) is 12.3. The van der Waals surface area contributed by atoms with E-state index in [1.165, 1.54) is 23.0 Å². The number of nitrogens with two attached hydrogens (primary N) is 1. The van der Waals surface area contributed by atoms with Crippen LogP contribution in [0.25, 0.3) is 21.9 Å². The molecule has 0 saturated heterocycles. The van der Waals surface area contributed by atoms with Gasteiger partial charge in [-0.15, -0.1) is 0 Å². The Kier molecular flexibility index (Phi) is 5.49. The second-order valence-corrected chi connectivity index (χ2v) is 10.2. The van der Waals surface area contributed by atoms with Crippen LogP contribution >= 0.6 is 0 Å². The Morgan fingerprint density at radius 3 is 2.45 bits per heavy atom. The molecule has 7 nitrogen and oxygen atoms in total. The number of nitrogens with zero attached hydrogens (tertiary/aromatic N) is 3. The number of rotatable bonds is 7. The quantitative estimate of drug-likeness (QED) is 0.474. The van der Waals surface area contributed by atoms with Gasteiger partial charge in [-0.1, -0.05) is 6.07 Å². The molecule has 4 rings (SSSR count). The third kappa shape index (κ3) is 4.15. The summed E-state index contributed by atoms with van der Waals surface area (Å²) in [6, 6.07) is 12.2. The van der Waals surface area contributed by atoms with Crippen molar-refractivity contribution in [1.29, 1.82) is 0 Å². The number of aromatic nitrogens is 3. The Balaban J connectivity index is 1.82. The van der Waals surface area contributed by atoms with Gasteiger partial charge in [-0.25, -0.2) is 17.6 Å². The second-order valence-electron chi connectivity index (χ2n) is 7.93. The molecule has 0 spiro atoms. The van der Waals surface area contributed by atoms with Crippen LogP contribution in [0.3, 0.4) is 0 Å². The van der Waals surface area contributed by atoms with E-state index in [2.05, 4.69) is 0 Å². The minimum absolute atomic E-state index is 0.0758. The van der Waals surface area contributed by atoms with Gasteiger partial charge in [0.2, 0.25) is 0 Å². The van der Waals surface area contributed by atoms with E-state index in [-0.39, 0.29) is 18.0 Å². The fourth-order valence-corrected chi connectivity index (χ4v) is 4.74. The summed E-state index contributed by atoms with van der Waals surface area (Å²) in [7, 11) is -1.42. The number of benzene rings is 2. The first-order valence-electron chi connectivity index (χ1n) is 10.0. The third-order valence-corrected chi connectivity index (χ3v) is 6.64. The number of fused-ring (bicyclic) bond motifs is 2. The van der Waals surface area contributed by atoms with Gasteiger partial charge in [-0.3, -0.25) is 9.13 Å². The average Bonchev–Trinajstić information content (AvgIpc) is 3.16. The highest BCUT2D eigenvalue weighted by atomic mass is 32.2. The lowest BCUT2D eigenvalue weighted by Gasteiger charge is -2.12. The van der Waals surface area contributed by atoms with Crippen LogP contribution < -0.4 is 11.4 Å². The second kappa shape index (κ2) is 7.97. The molecule has 2 aromatic heterocycles. The minimum Gasteiger partial charge on any atom is -0.343 e. The van der Waals surface area contributed by atoms with Gasteiger partial charge in [0.15, 0.2) is 0 Å². The molecule has 0 saturated carbocycles. The Labute approximate surface area is 179 Å². The van der Waals surface area contributed by atoms with Gasteiger partial charge in [0.25, 0.3) is 0 Å². The molecule has 0 unspecified atom stereocenters. The highest BCUT2D eigenvalue weighted by molar-refractivity contribution is 7.90. The number of aryl methyl sites for hydroxylation is 2. The van der Waals surface area contributed by atoms with E-state index >= 15 is 0 Å². The van der Waals surface area contributed by atoms with E-state index < -0.39 is 15.7 Å². The molecule has 2 N–H and O–H groups in total. The number of hydrogen-bond acceptors (Lipinski definition) is 4. The summed E-state index contributed by atoms with van der Waals surface area (Å²) < 4.78 is 42.2. The first-order valence-corrected chi connectivity index (χ1v) is 12.1. The summed E-state index contributed by atoms with van der Waals surface area (Å²) in [4.78, 5) is 12.9. The molecule has 0 bridgehead atoms. The van der Waals surface area contributed by atoms with E-state index in [1.807, 2.05) is 28.8 Å². The van der Waals surface area contributed by atoms with Gasteiger partial charge in [-0.2, -0.15) is 0 Å². The Bertz CT molecular complexity index is 1450. The maximum Gasteiger partial charge on any atom is 0.329 e. The topological polar surface area (TPSA) is 92.0 Å². The van der Waals surface area contributed by atoms with Crippen molar-refractivity contribution >= 4 is 31.8 Å². The van der Waals surface area contributed by atoms with Gasteiger partial charge in [0, 0.05) is 43.0 Å². The van der Waals surface area contributed by atoms with Crippen molar-refractivity contribution in [1.82, 2.24) is 13.7 Å². The Hall–Kier alpha value is -2.91. The van der Waals surface area contributed by atoms with Crippen LogP contribution in [0.1, 0.15) is 17.7 Å². The van der Waals surface area contributed by atoms with Gasteiger partial charge in [-0.05, 0) is 48.4 Å². The monoisotopic (exact) mass is 444 g/mol. The van der Waals surface area contributed by atoms with Crippen LogP contribution in [0, 0.1) is 5.82 Å². The first-order chi connectivity index (χ1) is 14.7. The molecule has 9 heteroatoms. The Morgan fingerprint density at radius 1 is 1.00 bits per heavy atom. The molecule has 0 aliphatic rings. The molecule has 4 aromatic rings. The van der Waals surface area contributed by atoms with Crippen LogP contribution in [0.4, 0.5) is 4.39 Å². The maximum absolute atomic E-state index is 13.9. The van der Waals surface area contributed by atoms with E-state index in [1.54, 1.807) is 17.7 Å². The fourth-order valence-electron chi connectivity index (χ4n) is 4.08. The largest absolute Gasteiger partial charge is 0.343 e. The molecule has 0 fully saturated rings. The maximum atomic E-state index is 13.9. The molecule has 0 aliphatic heterocycles. The molecular weight excluding hydrogens is 419 g/mol. The molecule has 0 atom stereocenters. The summed E-state index contributed by atoms with van der Waals surface area (Å²) in [6.45, 7) is 1.14. The first kappa shape index (κ1) is 21.3. The van der Waals surface area contributed by atoms with Crippen molar-refractivity contribution in [3.05, 3.63) is 70.0 Å². The highest BCUT2D eigenvalue weighted by Gasteiger charge is 2.16. The average molecular weight is 445 g/mol.